The van der Waals surface area contributed by atoms with Gasteiger partial charge in [0, 0.05) is 31.0 Å². The van der Waals surface area contributed by atoms with Gasteiger partial charge in [0.2, 0.25) is 0 Å². The van der Waals surface area contributed by atoms with Gasteiger partial charge in [-0.2, -0.15) is 0 Å². The van der Waals surface area contributed by atoms with Crippen molar-refractivity contribution in [1.82, 2.24) is 10.3 Å². The van der Waals surface area contributed by atoms with Crippen LogP contribution >= 0.6 is 0 Å². The van der Waals surface area contributed by atoms with Crippen LogP contribution in [-0.4, -0.2) is 30.3 Å². The number of aryl methyl sites for hydroxylation is 1. The van der Waals surface area contributed by atoms with Gasteiger partial charge in [-0.3, -0.25) is 4.98 Å². The van der Waals surface area contributed by atoms with Crippen LogP contribution in [0, 0.1) is 6.92 Å². The second-order valence-corrected chi connectivity index (χ2v) is 5.50. The lowest BCUT2D eigenvalue weighted by atomic mass is 9.97. The fourth-order valence-corrected chi connectivity index (χ4v) is 2.59. The maximum Gasteiger partial charge on any atom is 0.0731 e. The molecule has 0 saturated carbocycles. The van der Waals surface area contributed by atoms with E-state index in [1.807, 2.05) is 6.20 Å². The third kappa shape index (κ3) is 4.59. The molecule has 3 heteroatoms. The Balaban J connectivity index is 1.97. The SMILES string of the molecule is CCCNC(Cc1ccc(C)cn1)C1CCCCO1. The van der Waals surface area contributed by atoms with Gasteiger partial charge in [-0.1, -0.05) is 13.0 Å². The normalized spacial score (nSPS) is 21.3. The Hall–Kier alpha value is -0.930. The molecule has 2 rings (SSSR count). The average Bonchev–Trinajstić information content (AvgIpc) is 2.46. The van der Waals surface area contributed by atoms with Gasteiger partial charge < -0.3 is 10.1 Å². The molecular weight excluding hydrogens is 236 g/mol. The molecule has 0 aliphatic carbocycles. The smallest absolute Gasteiger partial charge is 0.0731 e. The van der Waals surface area contributed by atoms with Crippen molar-refractivity contribution < 1.29 is 4.74 Å². The topological polar surface area (TPSA) is 34.2 Å². The van der Waals surface area contributed by atoms with Gasteiger partial charge in [-0.05, 0) is 50.8 Å². The summed E-state index contributed by atoms with van der Waals surface area (Å²) in [6.07, 6.45) is 8.09. The first-order chi connectivity index (χ1) is 9.29. The molecule has 0 radical (unpaired) electrons. The van der Waals surface area contributed by atoms with Crippen molar-refractivity contribution in [3.05, 3.63) is 29.6 Å². The van der Waals surface area contributed by atoms with Crippen LogP contribution in [0.1, 0.15) is 43.9 Å². The molecule has 0 bridgehead atoms. The van der Waals surface area contributed by atoms with E-state index in [1.54, 1.807) is 0 Å². The molecule has 3 nitrogen and oxygen atoms in total. The van der Waals surface area contributed by atoms with Crippen molar-refractivity contribution in [1.29, 1.82) is 0 Å². The van der Waals surface area contributed by atoms with Crippen molar-refractivity contribution >= 4 is 0 Å². The minimum absolute atomic E-state index is 0.350. The molecule has 0 aromatic carbocycles. The lowest BCUT2D eigenvalue weighted by molar-refractivity contribution is -0.00756. The van der Waals surface area contributed by atoms with Gasteiger partial charge in [-0.25, -0.2) is 0 Å². The monoisotopic (exact) mass is 262 g/mol. The molecule has 1 saturated heterocycles. The van der Waals surface area contributed by atoms with Crippen LogP contribution in [0.15, 0.2) is 18.3 Å². The van der Waals surface area contributed by atoms with Gasteiger partial charge in [0.05, 0.1) is 6.10 Å². The highest BCUT2D eigenvalue weighted by Crippen LogP contribution is 2.18. The number of nitrogens with one attached hydrogen (secondary N) is 1. The van der Waals surface area contributed by atoms with E-state index >= 15 is 0 Å². The predicted molar refractivity (Wildman–Crippen MR) is 78.4 cm³/mol. The van der Waals surface area contributed by atoms with Crippen LogP contribution in [0.3, 0.4) is 0 Å². The van der Waals surface area contributed by atoms with E-state index in [9.17, 15) is 0 Å². The van der Waals surface area contributed by atoms with Crippen molar-refractivity contribution in [3.63, 3.8) is 0 Å². The van der Waals surface area contributed by atoms with Crippen molar-refractivity contribution in [2.45, 2.75) is 58.1 Å². The highest BCUT2D eigenvalue weighted by molar-refractivity contribution is 5.13. The molecule has 1 N–H and O–H groups in total. The molecule has 2 unspecified atom stereocenters. The van der Waals surface area contributed by atoms with Crippen molar-refractivity contribution in [2.75, 3.05) is 13.2 Å². The minimum atomic E-state index is 0.350. The van der Waals surface area contributed by atoms with E-state index < -0.39 is 0 Å². The molecule has 1 aliphatic rings. The zero-order chi connectivity index (χ0) is 13.5. The molecular formula is C16H26N2O. The van der Waals surface area contributed by atoms with Crippen LogP contribution < -0.4 is 5.32 Å². The maximum absolute atomic E-state index is 5.94. The average molecular weight is 262 g/mol. The van der Waals surface area contributed by atoms with Gasteiger partial charge in [-0.15, -0.1) is 0 Å². The predicted octanol–water partition coefficient (Wildman–Crippen LogP) is 2.87. The Bertz CT molecular complexity index is 358. The fraction of sp³-hybridized carbons (Fsp3) is 0.688. The molecule has 1 aliphatic heterocycles. The zero-order valence-corrected chi connectivity index (χ0v) is 12.2. The Morgan fingerprint density at radius 1 is 1.42 bits per heavy atom. The number of aromatic nitrogens is 1. The lowest BCUT2D eigenvalue weighted by Crippen LogP contribution is -2.44. The second kappa shape index (κ2) is 7.61. The maximum atomic E-state index is 5.94. The van der Waals surface area contributed by atoms with Crippen LogP contribution in [-0.2, 0) is 11.2 Å². The third-order valence-corrected chi connectivity index (χ3v) is 3.72. The summed E-state index contributed by atoms with van der Waals surface area (Å²) in [5.41, 5.74) is 2.38. The zero-order valence-electron chi connectivity index (χ0n) is 12.2. The number of pyridine rings is 1. The number of ether oxygens (including phenoxy) is 1. The standard InChI is InChI=1S/C16H26N2O/c1-3-9-17-15(16-6-4-5-10-19-16)11-14-8-7-13(2)12-18-14/h7-8,12,15-17H,3-6,9-11H2,1-2H3. The first kappa shape index (κ1) is 14.5. The minimum Gasteiger partial charge on any atom is -0.377 e. The number of nitrogens with zero attached hydrogens (tertiary/aromatic N) is 1. The Morgan fingerprint density at radius 3 is 2.95 bits per heavy atom. The number of hydrogen-bond donors (Lipinski definition) is 1. The number of hydrogen-bond acceptors (Lipinski definition) is 3. The molecule has 1 aromatic heterocycles. The first-order valence-corrected chi connectivity index (χ1v) is 7.56. The van der Waals surface area contributed by atoms with Crippen LogP contribution in [0.25, 0.3) is 0 Å². The quantitative estimate of drug-likeness (QED) is 0.856. The molecule has 0 spiro atoms. The van der Waals surface area contributed by atoms with Gasteiger partial charge in [0.1, 0.15) is 0 Å². The largest absolute Gasteiger partial charge is 0.377 e. The van der Waals surface area contributed by atoms with Crippen LogP contribution in [0.2, 0.25) is 0 Å². The summed E-state index contributed by atoms with van der Waals surface area (Å²) in [6.45, 7) is 6.25. The van der Waals surface area contributed by atoms with Crippen molar-refractivity contribution in [3.8, 4) is 0 Å². The van der Waals surface area contributed by atoms with Crippen molar-refractivity contribution in [2.24, 2.45) is 0 Å². The second-order valence-electron chi connectivity index (χ2n) is 5.50. The third-order valence-electron chi connectivity index (χ3n) is 3.72. The molecule has 19 heavy (non-hydrogen) atoms. The fourth-order valence-electron chi connectivity index (χ4n) is 2.59. The molecule has 1 fully saturated rings. The molecule has 1 aromatic rings. The summed E-state index contributed by atoms with van der Waals surface area (Å²) in [7, 11) is 0. The molecule has 2 heterocycles. The number of rotatable bonds is 6. The molecule has 2 atom stereocenters. The molecule has 0 amide bonds. The highest BCUT2D eigenvalue weighted by Gasteiger charge is 2.24. The summed E-state index contributed by atoms with van der Waals surface area (Å²) >= 11 is 0. The summed E-state index contributed by atoms with van der Waals surface area (Å²) < 4.78 is 5.94. The van der Waals surface area contributed by atoms with E-state index in [4.69, 9.17) is 4.74 Å². The Kier molecular flexibility index (Phi) is 5.80. The Morgan fingerprint density at radius 2 is 2.32 bits per heavy atom. The van der Waals surface area contributed by atoms with Crippen LogP contribution in [0.5, 0.6) is 0 Å². The van der Waals surface area contributed by atoms with Crippen LogP contribution in [0.4, 0.5) is 0 Å². The van der Waals surface area contributed by atoms with E-state index in [0.29, 0.717) is 12.1 Å². The Labute approximate surface area is 116 Å². The van der Waals surface area contributed by atoms with E-state index in [2.05, 4.69) is 36.3 Å². The van der Waals surface area contributed by atoms with E-state index in [-0.39, 0.29) is 0 Å². The van der Waals surface area contributed by atoms with E-state index in [1.165, 1.54) is 24.8 Å². The van der Waals surface area contributed by atoms with E-state index in [0.717, 1.165) is 31.7 Å². The summed E-state index contributed by atoms with van der Waals surface area (Å²) in [6, 6.07) is 4.68. The lowest BCUT2D eigenvalue weighted by Gasteiger charge is -2.31. The van der Waals surface area contributed by atoms with Gasteiger partial charge >= 0.3 is 0 Å². The summed E-state index contributed by atoms with van der Waals surface area (Å²) in [5, 5.41) is 3.64. The summed E-state index contributed by atoms with van der Waals surface area (Å²) in [4.78, 5) is 4.53. The first-order valence-electron chi connectivity index (χ1n) is 7.56. The van der Waals surface area contributed by atoms with Gasteiger partial charge in [0.15, 0.2) is 0 Å². The van der Waals surface area contributed by atoms with Gasteiger partial charge in [0.25, 0.3) is 0 Å². The highest BCUT2D eigenvalue weighted by atomic mass is 16.5. The molecule has 106 valence electrons. The summed E-state index contributed by atoms with van der Waals surface area (Å²) in [5.74, 6) is 0.